The smallest absolute Gasteiger partial charge is 0.305 e. The fourth-order valence-electron chi connectivity index (χ4n) is 4.72. The zero-order valence-corrected chi connectivity index (χ0v) is 22.5. The lowest BCUT2D eigenvalue weighted by Gasteiger charge is -2.28. The van der Waals surface area contributed by atoms with Gasteiger partial charge in [-0.05, 0) is 70.8 Å². The van der Waals surface area contributed by atoms with Gasteiger partial charge in [-0.15, -0.1) is 11.3 Å². The summed E-state index contributed by atoms with van der Waals surface area (Å²) in [7, 11) is 0. The van der Waals surface area contributed by atoms with Crippen molar-refractivity contribution in [1.82, 2.24) is 5.32 Å². The number of carbonyl (C=O) groups excluding carboxylic acids is 1. The number of hydrogen-bond acceptors (Lipinski definition) is 3. The zero-order valence-electron chi connectivity index (χ0n) is 20.1. The van der Waals surface area contributed by atoms with Gasteiger partial charge < -0.3 is 10.4 Å². The molecule has 8 heteroatoms. The highest BCUT2D eigenvalue weighted by atomic mass is 35.5. The minimum Gasteiger partial charge on any atom is -0.481 e. The van der Waals surface area contributed by atoms with Crippen molar-refractivity contribution in [2.75, 3.05) is 6.54 Å². The number of amides is 1. The fourth-order valence-corrected chi connectivity index (χ4v) is 6.18. The summed E-state index contributed by atoms with van der Waals surface area (Å²) < 4.78 is 15.3. The topological polar surface area (TPSA) is 66.4 Å². The van der Waals surface area contributed by atoms with E-state index in [2.05, 4.69) is 17.6 Å². The second-order valence-electron chi connectivity index (χ2n) is 8.90. The molecule has 0 aliphatic carbocycles. The first-order valence-electron chi connectivity index (χ1n) is 12.0. The van der Waals surface area contributed by atoms with Gasteiger partial charge in [-0.1, -0.05) is 60.8 Å². The van der Waals surface area contributed by atoms with Gasteiger partial charge in [0.25, 0.3) is 5.91 Å². The molecule has 192 valence electrons. The van der Waals surface area contributed by atoms with Crippen LogP contribution in [0.15, 0.2) is 66.0 Å². The highest BCUT2D eigenvalue weighted by Gasteiger charge is 2.29. The van der Waals surface area contributed by atoms with Crippen LogP contribution in [0.1, 0.15) is 65.1 Å². The number of fused-ring (bicyclic) bond motifs is 1. The molecular formula is C29H26Cl2FNO3S. The Morgan fingerprint density at radius 2 is 1.70 bits per heavy atom. The van der Waals surface area contributed by atoms with Gasteiger partial charge in [0.05, 0.1) is 16.1 Å². The van der Waals surface area contributed by atoms with E-state index in [1.807, 2.05) is 36.4 Å². The van der Waals surface area contributed by atoms with Gasteiger partial charge >= 0.3 is 5.97 Å². The summed E-state index contributed by atoms with van der Waals surface area (Å²) in [5, 5.41) is 15.3. The molecule has 4 rings (SSSR count). The molecule has 0 aliphatic rings. The number of aliphatic carboxylic acids is 1. The molecule has 0 saturated carbocycles. The van der Waals surface area contributed by atoms with E-state index >= 15 is 0 Å². The minimum absolute atomic E-state index is 0.0372. The maximum atomic E-state index is 14.4. The first-order valence-corrected chi connectivity index (χ1v) is 13.6. The average Bonchev–Trinajstić information content (AvgIpc) is 3.28. The molecule has 37 heavy (non-hydrogen) atoms. The number of halogens is 3. The van der Waals surface area contributed by atoms with Crippen LogP contribution in [-0.2, 0) is 4.79 Å². The monoisotopic (exact) mass is 557 g/mol. The normalized spacial score (nSPS) is 12.9. The lowest BCUT2D eigenvalue weighted by molar-refractivity contribution is -0.136. The number of rotatable bonds is 10. The number of carbonyl (C=O) groups is 2. The Kier molecular flexibility index (Phi) is 8.85. The van der Waals surface area contributed by atoms with Crippen LogP contribution in [0.25, 0.3) is 10.1 Å². The first kappa shape index (κ1) is 27.1. The number of hydrogen-bond donors (Lipinski definition) is 2. The maximum Gasteiger partial charge on any atom is 0.305 e. The van der Waals surface area contributed by atoms with E-state index in [0.29, 0.717) is 15.6 Å². The summed E-state index contributed by atoms with van der Waals surface area (Å²) in [5.74, 6) is -1.72. The molecule has 4 aromatic rings. The Labute approximate surface area is 229 Å². The highest BCUT2D eigenvalue weighted by Crippen LogP contribution is 2.47. The molecule has 0 saturated heterocycles. The maximum absolute atomic E-state index is 14.4. The number of nitrogens with one attached hydrogen (secondary N) is 1. The van der Waals surface area contributed by atoms with Crippen molar-refractivity contribution in [3.05, 3.63) is 104 Å². The summed E-state index contributed by atoms with van der Waals surface area (Å²) in [4.78, 5) is 23.2. The number of carboxylic acid groups (broad SMARTS) is 1. The van der Waals surface area contributed by atoms with Crippen molar-refractivity contribution in [3.8, 4) is 0 Å². The second kappa shape index (κ2) is 12.1. The molecule has 0 radical (unpaired) electrons. The van der Waals surface area contributed by atoms with E-state index < -0.39 is 5.97 Å². The first-order chi connectivity index (χ1) is 17.8. The molecule has 3 aromatic carbocycles. The molecule has 1 heterocycles. The zero-order chi connectivity index (χ0) is 26.5. The minimum atomic E-state index is -0.964. The van der Waals surface area contributed by atoms with Crippen molar-refractivity contribution in [2.45, 2.75) is 38.0 Å². The molecule has 2 N–H and O–H groups in total. The van der Waals surface area contributed by atoms with E-state index in [-0.39, 0.29) is 36.5 Å². The van der Waals surface area contributed by atoms with E-state index in [4.69, 9.17) is 28.3 Å². The van der Waals surface area contributed by atoms with Gasteiger partial charge in [-0.2, -0.15) is 0 Å². The quantitative estimate of drug-likeness (QED) is 0.206. The summed E-state index contributed by atoms with van der Waals surface area (Å²) in [6.07, 6.45) is 1.64. The van der Waals surface area contributed by atoms with Crippen molar-refractivity contribution in [1.29, 1.82) is 0 Å². The summed E-state index contributed by atoms with van der Waals surface area (Å²) in [5.41, 5.74) is 3.56. The van der Waals surface area contributed by atoms with Gasteiger partial charge in [-0.3, -0.25) is 9.59 Å². The van der Waals surface area contributed by atoms with Crippen LogP contribution < -0.4 is 5.32 Å². The second-order valence-corrected chi connectivity index (χ2v) is 10.6. The highest BCUT2D eigenvalue weighted by molar-refractivity contribution is 7.18. The van der Waals surface area contributed by atoms with E-state index in [1.165, 1.54) is 17.4 Å². The van der Waals surface area contributed by atoms with Crippen LogP contribution >= 0.6 is 34.5 Å². The third-order valence-corrected chi connectivity index (χ3v) is 8.12. The molecular weight excluding hydrogens is 532 g/mol. The molecule has 0 fully saturated rings. The Hall–Kier alpha value is -2.93. The lowest BCUT2D eigenvalue weighted by Crippen LogP contribution is -2.26. The third-order valence-electron chi connectivity index (χ3n) is 6.41. The molecule has 0 aliphatic heterocycles. The average molecular weight is 559 g/mol. The lowest BCUT2D eigenvalue weighted by atomic mass is 9.75. The number of benzene rings is 3. The third kappa shape index (κ3) is 6.32. The molecule has 2 unspecified atom stereocenters. The Bertz CT molecular complexity index is 1400. The van der Waals surface area contributed by atoms with Gasteiger partial charge in [0.15, 0.2) is 0 Å². The van der Waals surface area contributed by atoms with Crippen LogP contribution in [0.4, 0.5) is 4.39 Å². The van der Waals surface area contributed by atoms with Crippen LogP contribution in [0.3, 0.4) is 0 Å². The van der Waals surface area contributed by atoms with Gasteiger partial charge in [-0.25, -0.2) is 4.39 Å². The fraction of sp³-hybridized carbons (Fsp3) is 0.241. The SMILES string of the molecule is CCCC(c1ccc(C(=O)NCCC(=O)O)cc1)C(c1ccc(Cl)cc1)c1csc2c(Cl)cc(F)cc12. The largest absolute Gasteiger partial charge is 0.481 e. The van der Waals surface area contributed by atoms with Crippen LogP contribution in [0, 0.1) is 5.82 Å². The van der Waals surface area contributed by atoms with Crippen LogP contribution in [0.2, 0.25) is 10.0 Å². The molecule has 0 bridgehead atoms. The van der Waals surface area contributed by atoms with E-state index in [1.54, 1.807) is 18.2 Å². The summed E-state index contributed by atoms with van der Waals surface area (Å²) in [6.45, 7) is 2.19. The summed E-state index contributed by atoms with van der Waals surface area (Å²) in [6, 6.07) is 18.0. The Balaban J connectivity index is 1.76. The molecule has 1 amide bonds. The van der Waals surface area contributed by atoms with Crippen molar-refractivity contribution in [2.24, 2.45) is 0 Å². The van der Waals surface area contributed by atoms with E-state index in [0.717, 1.165) is 39.6 Å². The molecule has 2 atom stereocenters. The Morgan fingerprint density at radius 1 is 1.03 bits per heavy atom. The van der Waals surface area contributed by atoms with E-state index in [9.17, 15) is 14.0 Å². The number of thiophene rings is 1. The standard InChI is InChI=1S/C29H26Cl2FNO3S/c1-2-3-22(17-4-6-19(7-5-17)29(36)33-13-12-26(34)35)27(18-8-10-20(30)11-9-18)24-16-37-28-23(24)14-21(32)15-25(28)31/h4-11,14-16,22,27H,2-3,12-13H2,1H3,(H,33,36)(H,34,35). The van der Waals surface area contributed by atoms with Gasteiger partial charge in [0, 0.05) is 28.4 Å². The molecule has 1 aromatic heterocycles. The summed E-state index contributed by atoms with van der Waals surface area (Å²) >= 11 is 14.1. The number of carboxylic acids is 1. The van der Waals surface area contributed by atoms with Crippen LogP contribution in [-0.4, -0.2) is 23.5 Å². The Morgan fingerprint density at radius 3 is 2.35 bits per heavy atom. The molecule has 4 nitrogen and oxygen atoms in total. The van der Waals surface area contributed by atoms with Gasteiger partial charge in [0.1, 0.15) is 5.82 Å². The van der Waals surface area contributed by atoms with Gasteiger partial charge in [0.2, 0.25) is 0 Å². The predicted octanol–water partition coefficient (Wildman–Crippen LogP) is 8.27. The van der Waals surface area contributed by atoms with Crippen LogP contribution in [0.5, 0.6) is 0 Å². The predicted molar refractivity (Wildman–Crippen MR) is 149 cm³/mol. The molecule has 0 spiro atoms. The van der Waals surface area contributed by atoms with Crippen molar-refractivity contribution in [3.63, 3.8) is 0 Å². The van der Waals surface area contributed by atoms with Crippen molar-refractivity contribution < 1.29 is 19.1 Å². The van der Waals surface area contributed by atoms with Crippen molar-refractivity contribution >= 4 is 56.5 Å².